The molecule has 4 nitrogen and oxygen atoms in total. The monoisotopic (exact) mass is 390 g/mol. The molecule has 0 aliphatic heterocycles. The highest BCUT2D eigenvalue weighted by atomic mass is 35.5. The van der Waals surface area contributed by atoms with Gasteiger partial charge in [-0.2, -0.15) is 0 Å². The molecule has 0 radical (unpaired) electrons. The van der Waals surface area contributed by atoms with Gasteiger partial charge in [-0.05, 0) is 48.7 Å². The molecular weight excluding hydrogens is 367 g/mol. The van der Waals surface area contributed by atoms with Crippen molar-refractivity contribution < 1.29 is 14.0 Å². The van der Waals surface area contributed by atoms with Crippen LogP contribution in [0.25, 0.3) is 0 Å². The first-order valence-corrected chi connectivity index (χ1v) is 9.34. The molecular formula is C21H24ClFN2O2. The molecule has 6 heteroatoms. The van der Waals surface area contributed by atoms with E-state index in [4.69, 9.17) is 11.6 Å². The Balaban J connectivity index is 2.20. The Morgan fingerprint density at radius 3 is 2.48 bits per heavy atom. The quantitative estimate of drug-likeness (QED) is 0.741. The van der Waals surface area contributed by atoms with E-state index in [9.17, 15) is 14.0 Å². The predicted molar refractivity (Wildman–Crippen MR) is 105 cm³/mol. The van der Waals surface area contributed by atoms with E-state index in [1.54, 1.807) is 37.3 Å². The lowest BCUT2D eigenvalue weighted by Gasteiger charge is -2.29. The lowest BCUT2D eigenvalue weighted by molar-refractivity contribution is -0.140. The van der Waals surface area contributed by atoms with Gasteiger partial charge in [0.25, 0.3) is 0 Å². The maximum atomic E-state index is 13.2. The molecule has 2 amide bonds. The van der Waals surface area contributed by atoms with Gasteiger partial charge in [-0.1, -0.05) is 42.8 Å². The smallest absolute Gasteiger partial charge is 0.242 e. The predicted octanol–water partition coefficient (Wildman–Crippen LogP) is 3.97. The first kappa shape index (κ1) is 20.9. The van der Waals surface area contributed by atoms with Crippen molar-refractivity contribution in [3.05, 3.63) is 70.5 Å². The second-order valence-electron chi connectivity index (χ2n) is 6.42. The number of hydrogen-bond donors (Lipinski definition) is 1. The van der Waals surface area contributed by atoms with Crippen molar-refractivity contribution in [1.82, 2.24) is 10.2 Å². The minimum atomic E-state index is -0.645. The minimum Gasteiger partial charge on any atom is -0.354 e. The highest BCUT2D eigenvalue weighted by molar-refractivity contribution is 6.30. The van der Waals surface area contributed by atoms with Crippen LogP contribution in [0.2, 0.25) is 5.02 Å². The van der Waals surface area contributed by atoms with Crippen LogP contribution in [-0.4, -0.2) is 29.3 Å². The lowest BCUT2D eigenvalue weighted by Crippen LogP contribution is -2.48. The van der Waals surface area contributed by atoms with Crippen LogP contribution in [-0.2, 0) is 22.6 Å². The van der Waals surface area contributed by atoms with Gasteiger partial charge in [0.1, 0.15) is 11.9 Å². The molecule has 0 unspecified atom stereocenters. The molecule has 27 heavy (non-hydrogen) atoms. The average Bonchev–Trinajstić information content (AvgIpc) is 2.65. The van der Waals surface area contributed by atoms with Crippen molar-refractivity contribution in [2.75, 3.05) is 6.54 Å². The molecule has 0 spiro atoms. The van der Waals surface area contributed by atoms with Crippen molar-refractivity contribution in [1.29, 1.82) is 0 Å². The normalized spacial score (nSPS) is 11.7. The zero-order valence-electron chi connectivity index (χ0n) is 15.5. The number of carbonyl (C=O) groups is 2. The third-order valence-electron chi connectivity index (χ3n) is 4.23. The minimum absolute atomic E-state index is 0.132. The van der Waals surface area contributed by atoms with Gasteiger partial charge in [0.15, 0.2) is 0 Å². The van der Waals surface area contributed by atoms with Crippen molar-refractivity contribution in [2.45, 2.75) is 39.3 Å². The van der Waals surface area contributed by atoms with E-state index in [0.29, 0.717) is 11.6 Å². The largest absolute Gasteiger partial charge is 0.354 e. The van der Waals surface area contributed by atoms with Gasteiger partial charge in [0.2, 0.25) is 11.8 Å². The number of nitrogens with one attached hydrogen (secondary N) is 1. The molecule has 0 bridgehead atoms. The number of benzene rings is 2. The molecule has 144 valence electrons. The van der Waals surface area contributed by atoms with Crippen LogP contribution in [0.4, 0.5) is 4.39 Å². The zero-order valence-corrected chi connectivity index (χ0v) is 16.3. The second-order valence-corrected chi connectivity index (χ2v) is 6.86. The molecule has 1 atom stereocenters. The van der Waals surface area contributed by atoms with Crippen LogP contribution in [0.5, 0.6) is 0 Å². The number of nitrogens with zero attached hydrogens (tertiary/aromatic N) is 1. The molecule has 0 fully saturated rings. The topological polar surface area (TPSA) is 49.4 Å². The molecule has 0 heterocycles. The third-order valence-corrected chi connectivity index (χ3v) is 4.46. The van der Waals surface area contributed by atoms with Gasteiger partial charge in [0.05, 0.1) is 6.42 Å². The van der Waals surface area contributed by atoms with Gasteiger partial charge in [-0.15, -0.1) is 0 Å². The van der Waals surface area contributed by atoms with Crippen LogP contribution in [0, 0.1) is 5.82 Å². The van der Waals surface area contributed by atoms with Gasteiger partial charge < -0.3 is 10.2 Å². The van der Waals surface area contributed by atoms with E-state index in [2.05, 4.69) is 5.32 Å². The fourth-order valence-corrected chi connectivity index (χ4v) is 2.90. The summed E-state index contributed by atoms with van der Waals surface area (Å²) in [5.41, 5.74) is 1.53. The molecule has 2 aromatic rings. The molecule has 0 aliphatic carbocycles. The Hall–Kier alpha value is -2.40. The summed E-state index contributed by atoms with van der Waals surface area (Å²) in [5.74, 6) is -0.747. The Morgan fingerprint density at radius 2 is 1.85 bits per heavy atom. The molecule has 0 aliphatic rings. The van der Waals surface area contributed by atoms with Gasteiger partial charge in [0, 0.05) is 18.1 Å². The van der Waals surface area contributed by atoms with Crippen LogP contribution < -0.4 is 5.32 Å². The summed E-state index contributed by atoms with van der Waals surface area (Å²) in [6, 6.07) is 12.4. The van der Waals surface area contributed by atoms with Crippen LogP contribution in [0.1, 0.15) is 31.4 Å². The lowest BCUT2D eigenvalue weighted by atomic mass is 10.1. The number of amides is 2. The Kier molecular flexibility index (Phi) is 7.80. The molecule has 2 aromatic carbocycles. The number of rotatable bonds is 8. The summed E-state index contributed by atoms with van der Waals surface area (Å²) in [6.07, 6.45) is 0.944. The SMILES string of the molecule is CCCNC(=O)[C@H](C)N(Cc1ccc(F)cc1)C(=O)Cc1cccc(Cl)c1. The van der Waals surface area contributed by atoms with E-state index in [0.717, 1.165) is 17.5 Å². The number of carbonyl (C=O) groups excluding carboxylic acids is 2. The third kappa shape index (κ3) is 6.36. The molecule has 0 aromatic heterocycles. The number of halogens is 2. The summed E-state index contributed by atoms with van der Waals surface area (Å²) in [7, 11) is 0. The van der Waals surface area contributed by atoms with E-state index in [1.165, 1.54) is 17.0 Å². The molecule has 0 saturated heterocycles. The fraction of sp³-hybridized carbons (Fsp3) is 0.333. The summed E-state index contributed by atoms with van der Waals surface area (Å²) in [4.78, 5) is 26.9. The zero-order chi connectivity index (χ0) is 19.8. The van der Waals surface area contributed by atoms with Gasteiger partial charge >= 0.3 is 0 Å². The Labute approximate surface area is 164 Å². The van der Waals surface area contributed by atoms with Crippen molar-refractivity contribution >= 4 is 23.4 Å². The van der Waals surface area contributed by atoms with Crippen LogP contribution in [0.15, 0.2) is 48.5 Å². The summed E-state index contributed by atoms with van der Waals surface area (Å²) in [5, 5.41) is 3.38. The van der Waals surface area contributed by atoms with Crippen LogP contribution in [0.3, 0.4) is 0 Å². The van der Waals surface area contributed by atoms with E-state index >= 15 is 0 Å². The maximum absolute atomic E-state index is 13.2. The van der Waals surface area contributed by atoms with E-state index < -0.39 is 6.04 Å². The standard InChI is InChI=1S/C21H24ClFN2O2/c1-3-11-24-21(27)15(2)25(14-16-7-9-19(23)10-8-16)20(26)13-17-5-4-6-18(22)12-17/h4-10,12,15H,3,11,13-14H2,1-2H3,(H,24,27)/t15-/m0/s1. The maximum Gasteiger partial charge on any atom is 0.242 e. The summed E-state index contributed by atoms with van der Waals surface area (Å²) in [6.45, 7) is 4.44. The first-order chi connectivity index (χ1) is 12.9. The highest BCUT2D eigenvalue weighted by Gasteiger charge is 2.26. The van der Waals surface area contributed by atoms with Crippen LogP contribution >= 0.6 is 11.6 Å². The first-order valence-electron chi connectivity index (χ1n) is 8.96. The van der Waals surface area contributed by atoms with Gasteiger partial charge in [-0.3, -0.25) is 9.59 Å². The van der Waals surface area contributed by atoms with Crippen molar-refractivity contribution in [2.24, 2.45) is 0 Å². The molecule has 1 N–H and O–H groups in total. The second kappa shape index (κ2) is 10.1. The average molecular weight is 391 g/mol. The molecule has 2 rings (SSSR count). The number of hydrogen-bond acceptors (Lipinski definition) is 2. The highest BCUT2D eigenvalue weighted by Crippen LogP contribution is 2.15. The van der Waals surface area contributed by atoms with Crippen molar-refractivity contribution in [3.8, 4) is 0 Å². The van der Waals surface area contributed by atoms with Crippen molar-refractivity contribution in [3.63, 3.8) is 0 Å². The Morgan fingerprint density at radius 1 is 1.15 bits per heavy atom. The van der Waals surface area contributed by atoms with Gasteiger partial charge in [-0.25, -0.2) is 4.39 Å². The van der Waals surface area contributed by atoms with E-state index in [-0.39, 0.29) is 30.6 Å². The van der Waals surface area contributed by atoms with E-state index in [1.807, 2.05) is 13.0 Å². The fourth-order valence-electron chi connectivity index (χ4n) is 2.69. The summed E-state index contributed by atoms with van der Waals surface area (Å²) >= 11 is 6.00. The Bertz CT molecular complexity index is 780. The summed E-state index contributed by atoms with van der Waals surface area (Å²) < 4.78 is 13.2. The molecule has 0 saturated carbocycles.